The number of hydrogen-bond acceptors (Lipinski definition) is 2. The number of hydrogen-bond donors (Lipinski definition) is 2. The van der Waals surface area contributed by atoms with Crippen molar-refractivity contribution in [1.82, 2.24) is 15.5 Å². The van der Waals surface area contributed by atoms with Gasteiger partial charge < -0.3 is 15.5 Å². The van der Waals surface area contributed by atoms with Gasteiger partial charge in [0.05, 0.1) is 0 Å². The SMILES string of the molecule is CCC(CC)CNC(=NC)NCC1CCN(C2CC2)C1.I. The molecule has 1 saturated carbocycles. The summed E-state index contributed by atoms with van der Waals surface area (Å²) in [5, 5.41) is 6.97. The predicted molar refractivity (Wildman–Crippen MR) is 102 cm³/mol. The minimum atomic E-state index is 0. The molecule has 1 aliphatic heterocycles. The molecule has 0 aromatic carbocycles. The molecule has 2 N–H and O–H groups in total. The molecule has 0 aromatic rings. The van der Waals surface area contributed by atoms with Gasteiger partial charge in [-0.3, -0.25) is 4.99 Å². The van der Waals surface area contributed by atoms with E-state index in [2.05, 4.69) is 34.4 Å². The number of nitrogens with one attached hydrogen (secondary N) is 2. The van der Waals surface area contributed by atoms with Gasteiger partial charge in [-0.15, -0.1) is 24.0 Å². The smallest absolute Gasteiger partial charge is 0.190 e. The van der Waals surface area contributed by atoms with Crippen LogP contribution in [0.4, 0.5) is 0 Å². The van der Waals surface area contributed by atoms with Crippen molar-refractivity contribution >= 4 is 29.9 Å². The first-order valence-electron chi connectivity index (χ1n) is 8.45. The van der Waals surface area contributed by atoms with Gasteiger partial charge >= 0.3 is 0 Å². The van der Waals surface area contributed by atoms with E-state index in [1.165, 1.54) is 45.2 Å². The van der Waals surface area contributed by atoms with Gasteiger partial charge in [0, 0.05) is 32.7 Å². The average Bonchev–Trinajstić information content (AvgIpc) is 3.22. The molecule has 1 heterocycles. The molecule has 0 spiro atoms. The summed E-state index contributed by atoms with van der Waals surface area (Å²) in [4.78, 5) is 7.01. The van der Waals surface area contributed by atoms with Crippen molar-refractivity contribution in [3.05, 3.63) is 0 Å². The predicted octanol–water partition coefficient (Wildman–Crippen LogP) is 2.69. The second kappa shape index (κ2) is 9.87. The van der Waals surface area contributed by atoms with Gasteiger partial charge in [-0.2, -0.15) is 0 Å². The molecule has 5 heteroatoms. The van der Waals surface area contributed by atoms with E-state index < -0.39 is 0 Å². The lowest BCUT2D eigenvalue weighted by Gasteiger charge is -2.19. The molecule has 1 aliphatic carbocycles. The van der Waals surface area contributed by atoms with E-state index in [1.54, 1.807) is 0 Å². The Bertz CT molecular complexity index is 313. The second-order valence-corrected chi connectivity index (χ2v) is 6.40. The van der Waals surface area contributed by atoms with Crippen molar-refractivity contribution < 1.29 is 0 Å². The zero-order valence-electron chi connectivity index (χ0n) is 13.9. The van der Waals surface area contributed by atoms with Crippen LogP contribution in [0.5, 0.6) is 0 Å². The molecular weight excluding hydrogens is 375 g/mol. The maximum Gasteiger partial charge on any atom is 0.190 e. The van der Waals surface area contributed by atoms with Crippen molar-refractivity contribution in [3.63, 3.8) is 0 Å². The molecule has 1 atom stereocenters. The fourth-order valence-corrected chi connectivity index (χ4v) is 3.08. The lowest BCUT2D eigenvalue weighted by Crippen LogP contribution is -2.42. The maximum absolute atomic E-state index is 4.34. The van der Waals surface area contributed by atoms with Crippen LogP contribution in [-0.4, -0.2) is 50.1 Å². The molecule has 0 bridgehead atoms. The molecule has 0 aromatic heterocycles. The van der Waals surface area contributed by atoms with Crippen LogP contribution in [0.25, 0.3) is 0 Å². The van der Waals surface area contributed by atoms with E-state index >= 15 is 0 Å². The summed E-state index contributed by atoms with van der Waals surface area (Å²) in [6.07, 6.45) is 6.67. The Labute approximate surface area is 147 Å². The summed E-state index contributed by atoms with van der Waals surface area (Å²) in [7, 11) is 1.87. The van der Waals surface area contributed by atoms with Gasteiger partial charge in [0.2, 0.25) is 0 Å². The van der Waals surface area contributed by atoms with Crippen molar-refractivity contribution in [3.8, 4) is 0 Å². The summed E-state index contributed by atoms with van der Waals surface area (Å²) < 4.78 is 0. The zero-order chi connectivity index (χ0) is 14.4. The lowest BCUT2D eigenvalue weighted by atomic mass is 10.0. The minimum absolute atomic E-state index is 0. The maximum atomic E-state index is 4.34. The third kappa shape index (κ3) is 6.30. The zero-order valence-corrected chi connectivity index (χ0v) is 16.2. The molecule has 1 unspecified atom stereocenters. The van der Waals surface area contributed by atoms with Crippen molar-refractivity contribution in [1.29, 1.82) is 0 Å². The van der Waals surface area contributed by atoms with Crippen LogP contribution >= 0.6 is 24.0 Å². The lowest BCUT2D eigenvalue weighted by molar-refractivity contribution is 0.314. The highest BCUT2D eigenvalue weighted by atomic mass is 127. The van der Waals surface area contributed by atoms with Crippen LogP contribution in [-0.2, 0) is 0 Å². The summed E-state index contributed by atoms with van der Waals surface area (Å²) in [5.41, 5.74) is 0. The Morgan fingerprint density at radius 3 is 2.48 bits per heavy atom. The van der Waals surface area contributed by atoms with E-state index in [-0.39, 0.29) is 24.0 Å². The molecule has 21 heavy (non-hydrogen) atoms. The molecule has 2 rings (SSSR count). The quantitative estimate of drug-likeness (QED) is 0.387. The molecule has 1 saturated heterocycles. The van der Waals surface area contributed by atoms with Crippen LogP contribution < -0.4 is 10.6 Å². The number of aliphatic imine (C=N–C) groups is 1. The first-order chi connectivity index (χ1) is 9.76. The second-order valence-electron chi connectivity index (χ2n) is 6.40. The van der Waals surface area contributed by atoms with E-state index in [4.69, 9.17) is 0 Å². The number of guanidine groups is 1. The van der Waals surface area contributed by atoms with Gasteiger partial charge in [0.25, 0.3) is 0 Å². The number of rotatable bonds is 7. The van der Waals surface area contributed by atoms with Gasteiger partial charge in [-0.05, 0) is 37.6 Å². The van der Waals surface area contributed by atoms with E-state index in [9.17, 15) is 0 Å². The van der Waals surface area contributed by atoms with Crippen LogP contribution in [0.2, 0.25) is 0 Å². The molecule has 124 valence electrons. The molecule has 2 aliphatic rings. The standard InChI is InChI=1S/C16H32N4.HI/c1-4-13(5-2)10-18-16(17-3)19-11-14-8-9-20(12-14)15-6-7-15;/h13-15H,4-12H2,1-3H3,(H2,17,18,19);1H. The van der Waals surface area contributed by atoms with Crippen LogP contribution in [0.3, 0.4) is 0 Å². The topological polar surface area (TPSA) is 39.7 Å². The highest BCUT2D eigenvalue weighted by Crippen LogP contribution is 2.31. The molecule has 4 nitrogen and oxygen atoms in total. The summed E-state index contributed by atoms with van der Waals surface area (Å²) in [6.45, 7) is 9.20. The van der Waals surface area contributed by atoms with Crippen LogP contribution in [0.1, 0.15) is 46.0 Å². The largest absolute Gasteiger partial charge is 0.356 e. The van der Waals surface area contributed by atoms with Crippen LogP contribution in [0, 0.1) is 11.8 Å². The normalized spacial score (nSPS) is 23.2. The Balaban J connectivity index is 0.00000220. The molecular formula is C16H33IN4. The van der Waals surface area contributed by atoms with E-state index in [0.717, 1.165) is 36.9 Å². The van der Waals surface area contributed by atoms with Gasteiger partial charge in [0.15, 0.2) is 5.96 Å². The highest BCUT2D eigenvalue weighted by molar-refractivity contribution is 14.0. The molecule has 0 amide bonds. The third-order valence-corrected chi connectivity index (χ3v) is 4.88. The molecule has 2 fully saturated rings. The fourth-order valence-electron chi connectivity index (χ4n) is 3.08. The first-order valence-corrected chi connectivity index (χ1v) is 8.45. The third-order valence-electron chi connectivity index (χ3n) is 4.88. The highest BCUT2D eigenvalue weighted by Gasteiger charge is 2.34. The number of halogens is 1. The summed E-state index contributed by atoms with van der Waals surface area (Å²) in [5.74, 6) is 2.52. The summed E-state index contributed by atoms with van der Waals surface area (Å²) in [6, 6.07) is 0.923. The number of nitrogens with zero attached hydrogens (tertiary/aromatic N) is 2. The first kappa shape index (κ1) is 19.0. The van der Waals surface area contributed by atoms with Crippen LogP contribution in [0.15, 0.2) is 4.99 Å². The van der Waals surface area contributed by atoms with Gasteiger partial charge in [-0.1, -0.05) is 26.7 Å². The van der Waals surface area contributed by atoms with Gasteiger partial charge in [-0.25, -0.2) is 0 Å². The average molecular weight is 408 g/mol. The Morgan fingerprint density at radius 1 is 1.19 bits per heavy atom. The minimum Gasteiger partial charge on any atom is -0.356 e. The van der Waals surface area contributed by atoms with E-state index in [1.807, 2.05) is 7.05 Å². The number of likely N-dealkylation sites (tertiary alicyclic amines) is 1. The molecule has 0 radical (unpaired) electrons. The summed E-state index contributed by atoms with van der Waals surface area (Å²) >= 11 is 0. The Hall–Kier alpha value is -0.0400. The Morgan fingerprint density at radius 2 is 1.90 bits per heavy atom. The monoisotopic (exact) mass is 408 g/mol. The fraction of sp³-hybridized carbons (Fsp3) is 0.938. The van der Waals surface area contributed by atoms with Gasteiger partial charge in [0.1, 0.15) is 0 Å². The van der Waals surface area contributed by atoms with E-state index in [0.29, 0.717) is 0 Å². The van der Waals surface area contributed by atoms with Crippen molar-refractivity contribution in [2.75, 3.05) is 33.2 Å². The van der Waals surface area contributed by atoms with Crippen molar-refractivity contribution in [2.24, 2.45) is 16.8 Å². The van der Waals surface area contributed by atoms with Crippen molar-refractivity contribution in [2.45, 2.75) is 52.0 Å². The Kier molecular flexibility index (Phi) is 8.94.